The molecule has 0 aliphatic rings. The van der Waals surface area contributed by atoms with Gasteiger partial charge in [-0.05, 0) is 42.3 Å². The molecule has 0 fully saturated rings. The lowest BCUT2D eigenvalue weighted by atomic mass is 10.1. The van der Waals surface area contributed by atoms with E-state index in [1.165, 1.54) is 18.2 Å². The summed E-state index contributed by atoms with van der Waals surface area (Å²) in [4.78, 5) is 12.1. The van der Waals surface area contributed by atoms with E-state index < -0.39 is 28.3 Å². The number of carbonyl (C=O) groups excluding carboxylic acids is 1. The van der Waals surface area contributed by atoms with Crippen LogP contribution in [0.4, 0.5) is 10.1 Å². The standard InChI is InChI=1S/C17H18ClFN2O3S/c1-25(23,24)21(16-4-2-3-15(19)11-16)12-17(22)20-10-9-13-5-7-14(18)8-6-13/h2-8,11H,9-10,12H2,1H3,(H,20,22). The normalized spacial score (nSPS) is 11.2. The number of nitrogens with zero attached hydrogens (tertiary/aromatic N) is 1. The van der Waals surface area contributed by atoms with Crippen molar-refractivity contribution >= 4 is 33.2 Å². The van der Waals surface area contributed by atoms with Crippen LogP contribution in [0.25, 0.3) is 0 Å². The van der Waals surface area contributed by atoms with Crippen LogP contribution >= 0.6 is 11.6 Å². The Morgan fingerprint density at radius 1 is 1.20 bits per heavy atom. The number of benzene rings is 2. The molecule has 0 aromatic heterocycles. The molecule has 8 heteroatoms. The molecule has 2 rings (SSSR count). The summed E-state index contributed by atoms with van der Waals surface area (Å²) >= 11 is 5.81. The average Bonchev–Trinajstić information content (AvgIpc) is 2.53. The van der Waals surface area contributed by atoms with Gasteiger partial charge in [-0.1, -0.05) is 29.8 Å². The fraction of sp³-hybridized carbons (Fsp3) is 0.235. The smallest absolute Gasteiger partial charge is 0.240 e. The van der Waals surface area contributed by atoms with Crippen LogP contribution in [0.15, 0.2) is 48.5 Å². The van der Waals surface area contributed by atoms with Crippen molar-refractivity contribution in [3.8, 4) is 0 Å². The third-order valence-electron chi connectivity index (χ3n) is 3.43. The van der Waals surface area contributed by atoms with Crippen molar-refractivity contribution in [3.63, 3.8) is 0 Å². The predicted octanol–water partition coefficient (Wildman–Crippen LogP) is 2.60. The average molecular weight is 385 g/mol. The van der Waals surface area contributed by atoms with E-state index in [9.17, 15) is 17.6 Å². The summed E-state index contributed by atoms with van der Waals surface area (Å²) in [5.41, 5.74) is 1.10. The lowest BCUT2D eigenvalue weighted by Crippen LogP contribution is -2.41. The molecular formula is C17H18ClFN2O3S. The van der Waals surface area contributed by atoms with Crippen LogP contribution in [0.1, 0.15) is 5.56 Å². The number of hydrogen-bond donors (Lipinski definition) is 1. The number of hydrogen-bond acceptors (Lipinski definition) is 3. The molecule has 5 nitrogen and oxygen atoms in total. The van der Waals surface area contributed by atoms with Gasteiger partial charge >= 0.3 is 0 Å². The zero-order chi connectivity index (χ0) is 18.4. The van der Waals surface area contributed by atoms with Gasteiger partial charge in [0, 0.05) is 11.6 Å². The van der Waals surface area contributed by atoms with Crippen molar-refractivity contribution in [1.82, 2.24) is 5.32 Å². The molecule has 2 aromatic rings. The number of anilines is 1. The quantitative estimate of drug-likeness (QED) is 0.798. The third kappa shape index (κ3) is 6.03. The molecule has 25 heavy (non-hydrogen) atoms. The van der Waals surface area contributed by atoms with Crippen LogP contribution in [0.3, 0.4) is 0 Å². The van der Waals surface area contributed by atoms with E-state index in [0.717, 1.165) is 22.2 Å². The summed E-state index contributed by atoms with van der Waals surface area (Å²) in [7, 11) is -3.72. The maximum Gasteiger partial charge on any atom is 0.240 e. The molecule has 0 bridgehead atoms. The monoisotopic (exact) mass is 384 g/mol. The number of halogens is 2. The molecule has 0 saturated heterocycles. The maximum absolute atomic E-state index is 13.3. The summed E-state index contributed by atoms with van der Waals surface area (Å²) in [6.45, 7) is -0.0654. The third-order valence-corrected chi connectivity index (χ3v) is 4.83. The van der Waals surface area contributed by atoms with E-state index in [1.54, 1.807) is 12.1 Å². The van der Waals surface area contributed by atoms with Crippen molar-refractivity contribution in [3.05, 3.63) is 64.9 Å². The fourth-order valence-corrected chi connectivity index (χ4v) is 3.19. The van der Waals surface area contributed by atoms with E-state index >= 15 is 0 Å². The van der Waals surface area contributed by atoms with Gasteiger partial charge in [-0.2, -0.15) is 0 Å². The van der Waals surface area contributed by atoms with Crippen LogP contribution in [0, 0.1) is 5.82 Å². The highest BCUT2D eigenvalue weighted by molar-refractivity contribution is 7.92. The van der Waals surface area contributed by atoms with Crippen LogP contribution in [-0.4, -0.2) is 33.7 Å². The Kier molecular flexibility index (Phi) is 6.39. The highest BCUT2D eigenvalue weighted by Crippen LogP contribution is 2.18. The zero-order valence-electron chi connectivity index (χ0n) is 13.6. The van der Waals surface area contributed by atoms with Gasteiger partial charge in [0.25, 0.3) is 0 Å². The minimum Gasteiger partial charge on any atom is -0.354 e. The van der Waals surface area contributed by atoms with Crippen molar-refractivity contribution in [2.24, 2.45) is 0 Å². The van der Waals surface area contributed by atoms with E-state index in [1.807, 2.05) is 12.1 Å². The summed E-state index contributed by atoms with van der Waals surface area (Å²) in [5.74, 6) is -1.04. The van der Waals surface area contributed by atoms with Gasteiger partial charge in [-0.3, -0.25) is 9.10 Å². The SMILES string of the molecule is CS(=O)(=O)N(CC(=O)NCCc1ccc(Cl)cc1)c1cccc(F)c1. The Hall–Kier alpha value is -2.12. The van der Waals surface area contributed by atoms with Crippen molar-refractivity contribution < 1.29 is 17.6 Å². The maximum atomic E-state index is 13.3. The second kappa shape index (κ2) is 8.31. The molecule has 1 amide bonds. The molecule has 134 valence electrons. The first-order valence-corrected chi connectivity index (χ1v) is 9.73. The molecular weight excluding hydrogens is 367 g/mol. The Morgan fingerprint density at radius 3 is 2.48 bits per heavy atom. The first-order chi connectivity index (χ1) is 11.8. The fourth-order valence-electron chi connectivity index (χ4n) is 2.21. The zero-order valence-corrected chi connectivity index (χ0v) is 15.1. The molecule has 0 aliphatic heterocycles. The Morgan fingerprint density at radius 2 is 1.88 bits per heavy atom. The van der Waals surface area contributed by atoms with Crippen LogP contribution in [0.5, 0.6) is 0 Å². The molecule has 1 N–H and O–H groups in total. The minimum absolute atomic E-state index is 0.107. The van der Waals surface area contributed by atoms with E-state index in [0.29, 0.717) is 18.0 Å². The van der Waals surface area contributed by atoms with E-state index in [4.69, 9.17) is 11.6 Å². The van der Waals surface area contributed by atoms with Gasteiger partial charge in [-0.15, -0.1) is 0 Å². The molecule has 0 unspecified atom stereocenters. The highest BCUT2D eigenvalue weighted by atomic mass is 35.5. The largest absolute Gasteiger partial charge is 0.354 e. The van der Waals surface area contributed by atoms with E-state index in [2.05, 4.69) is 5.32 Å². The van der Waals surface area contributed by atoms with Crippen molar-refractivity contribution in [2.75, 3.05) is 23.7 Å². The molecule has 0 atom stereocenters. The van der Waals surface area contributed by atoms with Crippen molar-refractivity contribution in [1.29, 1.82) is 0 Å². The lowest BCUT2D eigenvalue weighted by Gasteiger charge is -2.21. The Labute approximate surface area is 151 Å². The second-order valence-electron chi connectivity index (χ2n) is 5.48. The molecule has 0 aliphatic carbocycles. The molecule has 0 saturated carbocycles. The minimum atomic E-state index is -3.72. The van der Waals surface area contributed by atoms with Crippen LogP contribution in [0.2, 0.25) is 5.02 Å². The van der Waals surface area contributed by atoms with Gasteiger partial charge in [0.15, 0.2) is 0 Å². The lowest BCUT2D eigenvalue weighted by molar-refractivity contribution is -0.119. The van der Waals surface area contributed by atoms with Crippen LogP contribution in [-0.2, 0) is 21.2 Å². The first-order valence-electron chi connectivity index (χ1n) is 7.50. The summed E-state index contributed by atoms with van der Waals surface area (Å²) in [5, 5.41) is 3.29. The van der Waals surface area contributed by atoms with E-state index in [-0.39, 0.29) is 5.69 Å². The molecule has 0 heterocycles. The van der Waals surface area contributed by atoms with Gasteiger partial charge in [0.2, 0.25) is 15.9 Å². The topological polar surface area (TPSA) is 66.5 Å². The summed E-state index contributed by atoms with van der Waals surface area (Å²) in [6.07, 6.45) is 1.56. The summed E-state index contributed by atoms with van der Waals surface area (Å²) in [6, 6.07) is 12.3. The number of rotatable bonds is 7. The Bertz CT molecular complexity index is 841. The highest BCUT2D eigenvalue weighted by Gasteiger charge is 2.21. The van der Waals surface area contributed by atoms with Gasteiger partial charge in [-0.25, -0.2) is 12.8 Å². The first kappa shape index (κ1) is 19.2. The summed E-state index contributed by atoms with van der Waals surface area (Å²) < 4.78 is 38.0. The van der Waals surface area contributed by atoms with Gasteiger partial charge in [0.05, 0.1) is 11.9 Å². The Balaban J connectivity index is 1.97. The van der Waals surface area contributed by atoms with Gasteiger partial charge in [0.1, 0.15) is 12.4 Å². The number of carbonyl (C=O) groups is 1. The molecule has 0 spiro atoms. The van der Waals surface area contributed by atoms with Gasteiger partial charge < -0.3 is 5.32 Å². The number of nitrogens with one attached hydrogen (secondary N) is 1. The number of amides is 1. The van der Waals surface area contributed by atoms with Crippen molar-refractivity contribution in [2.45, 2.75) is 6.42 Å². The predicted molar refractivity (Wildman–Crippen MR) is 96.8 cm³/mol. The second-order valence-corrected chi connectivity index (χ2v) is 7.82. The molecule has 0 radical (unpaired) electrons. The molecule has 2 aromatic carbocycles. The number of sulfonamides is 1. The van der Waals surface area contributed by atoms with Crippen LogP contribution < -0.4 is 9.62 Å².